The lowest BCUT2D eigenvalue weighted by Crippen LogP contribution is -2.20. The Kier molecular flexibility index (Phi) is 3.64. The predicted molar refractivity (Wildman–Crippen MR) is 78.2 cm³/mol. The molecule has 0 aliphatic heterocycles. The molecule has 1 saturated carbocycles. The maximum atomic E-state index is 12.4. The zero-order valence-electron chi connectivity index (χ0n) is 11.6. The van der Waals surface area contributed by atoms with Gasteiger partial charge in [0.05, 0.1) is 6.20 Å². The number of pyridine rings is 1. The van der Waals surface area contributed by atoms with E-state index in [0.29, 0.717) is 24.0 Å². The van der Waals surface area contributed by atoms with E-state index in [0.717, 1.165) is 18.5 Å². The molecule has 2 aromatic rings. The van der Waals surface area contributed by atoms with Crippen molar-refractivity contribution in [2.75, 3.05) is 4.72 Å². The molecule has 7 nitrogen and oxygen atoms in total. The van der Waals surface area contributed by atoms with Crippen molar-refractivity contribution in [3.63, 3.8) is 0 Å². The first-order valence-corrected chi connectivity index (χ1v) is 8.25. The lowest BCUT2D eigenvalue weighted by atomic mass is 10.3. The van der Waals surface area contributed by atoms with Gasteiger partial charge in [-0.2, -0.15) is 13.5 Å². The number of rotatable bonds is 6. The fraction of sp³-hybridized carbons (Fsp3) is 0.385. The molecule has 2 aromatic heterocycles. The van der Waals surface area contributed by atoms with Gasteiger partial charge in [-0.3, -0.25) is 9.82 Å². The van der Waals surface area contributed by atoms with E-state index in [1.807, 2.05) is 0 Å². The summed E-state index contributed by atoms with van der Waals surface area (Å²) in [7, 11) is -3.72. The third-order valence-electron chi connectivity index (χ3n) is 3.23. The van der Waals surface area contributed by atoms with Crippen LogP contribution in [0.15, 0.2) is 29.4 Å². The average molecular weight is 307 g/mol. The van der Waals surface area contributed by atoms with Gasteiger partial charge < -0.3 is 5.32 Å². The third-order valence-corrected chi connectivity index (χ3v) is 4.60. The van der Waals surface area contributed by atoms with Crippen LogP contribution in [0.3, 0.4) is 0 Å². The molecule has 0 amide bonds. The van der Waals surface area contributed by atoms with E-state index in [2.05, 4.69) is 25.2 Å². The Morgan fingerprint density at radius 1 is 1.38 bits per heavy atom. The summed E-state index contributed by atoms with van der Waals surface area (Å²) in [4.78, 5) is 4.14. The van der Waals surface area contributed by atoms with Gasteiger partial charge in [0.1, 0.15) is 5.82 Å². The van der Waals surface area contributed by atoms with Crippen molar-refractivity contribution >= 4 is 15.8 Å². The molecule has 0 saturated heterocycles. The highest BCUT2D eigenvalue weighted by atomic mass is 32.2. The van der Waals surface area contributed by atoms with Gasteiger partial charge in [-0.05, 0) is 31.9 Å². The molecule has 0 unspecified atom stereocenters. The van der Waals surface area contributed by atoms with Crippen molar-refractivity contribution in [3.8, 4) is 0 Å². The average Bonchev–Trinajstić information content (AvgIpc) is 3.12. The molecule has 1 aliphatic rings. The second-order valence-electron chi connectivity index (χ2n) is 5.15. The van der Waals surface area contributed by atoms with Crippen LogP contribution in [0.2, 0.25) is 0 Å². The number of hydrogen-bond acceptors (Lipinski definition) is 5. The van der Waals surface area contributed by atoms with Crippen LogP contribution in [0.5, 0.6) is 0 Å². The van der Waals surface area contributed by atoms with Crippen LogP contribution >= 0.6 is 0 Å². The first kappa shape index (κ1) is 14.0. The van der Waals surface area contributed by atoms with Gasteiger partial charge in [0.25, 0.3) is 10.0 Å². The summed E-state index contributed by atoms with van der Waals surface area (Å²) >= 11 is 0. The molecule has 21 heavy (non-hydrogen) atoms. The molecular weight excluding hydrogens is 290 g/mol. The first-order chi connectivity index (χ1) is 10.0. The molecule has 8 heteroatoms. The van der Waals surface area contributed by atoms with E-state index in [1.54, 1.807) is 25.1 Å². The Balaban J connectivity index is 1.79. The van der Waals surface area contributed by atoms with Crippen LogP contribution in [0.25, 0.3) is 0 Å². The smallest absolute Gasteiger partial charge is 0.280 e. The summed E-state index contributed by atoms with van der Waals surface area (Å²) in [6, 6.07) is 5.67. The summed E-state index contributed by atoms with van der Waals surface area (Å²) < 4.78 is 27.3. The third kappa shape index (κ3) is 3.40. The van der Waals surface area contributed by atoms with Gasteiger partial charge in [-0.1, -0.05) is 6.07 Å². The minimum atomic E-state index is -3.72. The van der Waals surface area contributed by atoms with Gasteiger partial charge in [-0.25, -0.2) is 4.98 Å². The lowest BCUT2D eigenvalue weighted by molar-refractivity contribution is 0.593. The highest BCUT2D eigenvalue weighted by Gasteiger charge is 2.24. The van der Waals surface area contributed by atoms with Crippen LogP contribution in [0.4, 0.5) is 5.82 Å². The first-order valence-electron chi connectivity index (χ1n) is 6.77. The number of nitrogens with one attached hydrogen (secondary N) is 3. The number of sulfonamides is 1. The molecule has 0 aromatic carbocycles. The fourth-order valence-electron chi connectivity index (χ4n) is 1.99. The summed E-state index contributed by atoms with van der Waals surface area (Å²) in [5.41, 5.74) is 1.37. The maximum Gasteiger partial charge on any atom is 0.280 e. The minimum Gasteiger partial charge on any atom is -0.310 e. The van der Waals surface area contributed by atoms with Crippen LogP contribution in [-0.4, -0.2) is 29.6 Å². The van der Waals surface area contributed by atoms with E-state index in [1.165, 1.54) is 6.20 Å². The number of aromatic amines is 1. The topological polar surface area (TPSA) is 99.8 Å². The van der Waals surface area contributed by atoms with Crippen LogP contribution < -0.4 is 10.0 Å². The van der Waals surface area contributed by atoms with Gasteiger partial charge in [0.15, 0.2) is 5.03 Å². The Hall–Kier alpha value is -1.93. The number of aryl methyl sites for hydroxylation is 1. The Bertz CT molecular complexity index is 737. The molecule has 112 valence electrons. The Morgan fingerprint density at radius 2 is 2.19 bits per heavy atom. The number of aromatic nitrogens is 3. The summed E-state index contributed by atoms with van der Waals surface area (Å²) in [6.07, 6.45) is 3.82. The second kappa shape index (κ2) is 5.45. The maximum absolute atomic E-state index is 12.4. The minimum absolute atomic E-state index is 0.0824. The van der Waals surface area contributed by atoms with Crippen molar-refractivity contribution in [2.45, 2.75) is 37.4 Å². The molecule has 3 rings (SSSR count). The lowest BCUT2D eigenvalue weighted by Gasteiger charge is -2.08. The molecule has 0 radical (unpaired) electrons. The van der Waals surface area contributed by atoms with Gasteiger partial charge in [0, 0.05) is 23.8 Å². The highest BCUT2D eigenvalue weighted by Crippen LogP contribution is 2.21. The molecular formula is C13H17N5O2S. The molecule has 2 heterocycles. The predicted octanol–water partition coefficient (Wildman–Crippen LogP) is 1.17. The zero-order valence-corrected chi connectivity index (χ0v) is 12.4. The summed E-state index contributed by atoms with van der Waals surface area (Å²) in [5.74, 6) is 0.297. The van der Waals surface area contributed by atoms with Crippen molar-refractivity contribution in [3.05, 3.63) is 35.7 Å². The van der Waals surface area contributed by atoms with Crippen molar-refractivity contribution in [1.82, 2.24) is 20.5 Å². The highest BCUT2D eigenvalue weighted by molar-refractivity contribution is 7.92. The molecule has 0 spiro atoms. The number of nitrogens with zero attached hydrogens (tertiary/aromatic N) is 2. The van der Waals surface area contributed by atoms with Crippen molar-refractivity contribution in [1.29, 1.82) is 0 Å². The molecule has 0 bridgehead atoms. The quantitative estimate of drug-likeness (QED) is 0.744. The molecule has 1 fully saturated rings. The van der Waals surface area contributed by atoms with Gasteiger partial charge in [-0.15, -0.1) is 0 Å². The largest absolute Gasteiger partial charge is 0.310 e. The Morgan fingerprint density at radius 3 is 2.90 bits per heavy atom. The van der Waals surface area contributed by atoms with E-state index in [9.17, 15) is 8.42 Å². The van der Waals surface area contributed by atoms with E-state index in [-0.39, 0.29) is 5.03 Å². The van der Waals surface area contributed by atoms with Crippen LogP contribution in [0, 0.1) is 6.92 Å². The fourth-order valence-corrected chi connectivity index (χ4v) is 3.12. The SMILES string of the molecule is Cc1cccc(NS(=O)(=O)c2[nH]ncc2CNC2CC2)n1. The standard InChI is InChI=1S/C13H17N5O2S/c1-9-3-2-4-12(16-9)18-21(19,20)13-10(8-15-17-13)7-14-11-5-6-11/h2-4,8,11,14H,5-7H2,1H3,(H,15,17)(H,16,18). The number of H-pyrrole nitrogens is 1. The molecule has 1 aliphatic carbocycles. The Labute approximate surface area is 123 Å². The molecule has 0 atom stereocenters. The number of anilines is 1. The zero-order chi connectivity index (χ0) is 14.9. The number of hydrogen-bond donors (Lipinski definition) is 3. The second-order valence-corrected chi connectivity index (χ2v) is 6.77. The summed E-state index contributed by atoms with van der Waals surface area (Å²) in [5, 5.41) is 9.76. The van der Waals surface area contributed by atoms with Crippen molar-refractivity contribution in [2.24, 2.45) is 0 Å². The van der Waals surface area contributed by atoms with E-state index in [4.69, 9.17) is 0 Å². The van der Waals surface area contributed by atoms with Gasteiger partial charge >= 0.3 is 0 Å². The van der Waals surface area contributed by atoms with Crippen molar-refractivity contribution < 1.29 is 8.42 Å². The molecule has 3 N–H and O–H groups in total. The van der Waals surface area contributed by atoms with E-state index < -0.39 is 10.0 Å². The van der Waals surface area contributed by atoms with Crippen LogP contribution in [0.1, 0.15) is 24.1 Å². The van der Waals surface area contributed by atoms with E-state index >= 15 is 0 Å². The normalized spacial score (nSPS) is 15.1. The summed E-state index contributed by atoms with van der Waals surface area (Å²) in [6.45, 7) is 2.29. The monoisotopic (exact) mass is 307 g/mol. The van der Waals surface area contributed by atoms with Crippen LogP contribution in [-0.2, 0) is 16.6 Å². The van der Waals surface area contributed by atoms with Gasteiger partial charge in [0.2, 0.25) is 0 Å².